The van der Waals surface area contributed by atoms with E-state index in [1.807, 2.05) is 36.8 Å². The molecule has 1 unspecified atom stereocenters. The van der Waals surface area contributed by atoms with Crippen molar-refractivity contribution in [3.8, 4) is 0 Å². The second-order valence-corrected chi connectivity index (χ2v) is 6.53. The van der Waals surface area contributed by atoms with E-state index in [0.29, 0.717) is 6.54 Å². The molecule has 0 saturated carbocycles. The zero-order valence-electron chi connectivity index (χ0n) is 14.5. The fourth-order valence-electron chi connectivity index (χ4n) is 3.38. The number of amides is 2. The number of rotatable bonds is 4. The van der Waals surface area contributed by atoms with Gasteiger partial charge in [0.25, 0.3) is 0 Å². The van der Waals surface area contributed by atoms with Crippen LogP contribution in [0.4, 0.5) is 10.5 Å². The molecule has 0 bridgehead atoms. The first-order valence-corrected chi connectivity index (χ1v) is 8.61. The number of nitrogens with one attached hydrogen (secondary N) is 1. The fourth-order valence-corrected chi connectivity index (χ4v) is 3.38. The van der Waals surface area contributed by atoms with Crippen molar-refractivity contribution in [2.45, 2.75) is 25.9 Å². The number of imidazole rings is 1. The van der Waals surface area contributed by atoms with Crippen LogP contribution in [0, 0.1) is 0 Å². The van der Waals surface area contributed by atoms with Crippen LogP contribution in [0.25, 0.3) is 5.57 Å². The summed E-state index contributed by atoms with van der Waals surface area (Å²) in [5.74, 6) is -0.122. The summed E-state index contributed by atoms with van der Waals surface area (Å²) in [4.78, 5) is 29.0. The van der Waals surface area contributed by atoms with E-state index in [-0.39, 0.29) is 24.6 Å². The Labute approximate surface area is 151 Å². The van der Waals surface area contributed by atoms with Crippen LogP contribution >= 0.6 is 0 Å². The van der Waals surface area contributed by atoms with Crippen molar-refractivity contribution in [2.75, 3.05) is 18.1 Å². The molecule has 1 fully saturated rings. The maximum absolute atomic E-state index is 12.1. The largest absolute Gasteiger partial charge is 0.447 e. The average molecular weight is 352 g/mol. The van der Waals surface area contributed by atoms with Crippen molar-refractivity contribution in [3.05, 3.63) is 54.1 Å². The summed E-state index contributed by atoms with van der Waals surface area (Å²) in [5.41, 5.74) is 4.36. The van der Waals surface area contributed by atoms with Gasteiger partial charge in [-0.25, -0.2) is 9.78 Å². The number of allylic oxidation sites excluding steroid dienone is 2. The third kappa shape index (κ3) is 3.08. The first-order valence-electron chi connectivity index (χ1n) is 8.61. The van der Waals surface area contributed by atoms with E-state index >= 15 is 0 Å². The highest BCUT2D eigenvalue weighted by molar-refractivity contribution is 5.90. The Morgan fingerprint density at radius 1 is 1.35 bits per heavy atom. The maximum Gasteiger partial charge on any atom is 0.414 e. The Morgan fingerprint density at radius 3 is 2.92 bits per heavy atom. The van der Waals surface area contributed by atoms with Crippen LogP contribution in [0.15, 0.2) is 42.9 Å². The first kappa shape index (κ1) is 16.4. The summed E-state index contributed by atoms with van der Waals surface area (Å²) in [7, 11) is 0. The van der Waals surface area contributed by atoms with Crippen molar-refractivity contribution < 1.29 is 14.3 Å². The molecular weight excluding hydrogens is 332 g/mol. The molecule has 2 aliphatic heterocycles. The van der Waals surface area contributed by atoms with E-state index in [9.17, 15) is 9.59 Å². The lowest BCUT2D eigenvalue weighted by molar-refractivity contribution is -0.119. The van der Waals surface area contributed by atoms with Gasteiger partial charge in [0.05, 0.1) is 12.4 Å². The molecule has 1 N–H and O–H groups in total. The van der Waals surface area contributed by atoms with Crippen LogP contribution in [0.5, 0.6) is 0 Å². The molecule has 7 heteroatoms. The molecule has 2 aliphatic rings. The molecule has 26 heavy (non-hydrogen) atoms. The van der Waals surface area contributed by atoms with Gasteiger partial charge in [-0.15, -0.1) is 0 Å². The van der Waals surface area contributed by atoms with Gasteiger partial charge in [0.2, 0.25) is 5.91 Å². The Bertz CT molecular complexity index is 869. The first-order chi connectivity index (χ1) is 12.6. The third-order valence-corrected chi connectivity index (χ3v) is 4.77. The zero-order valence-corrected chi connectivity index (χ0v) is 14.5. The van der Waals surface area contributed by atoms with Crippen LogP contribution < -0.4 is 10.2 Å². The van der Waals surface area contributed by atoms with Crippen LogP contribution in [0.1, 0.15) is 18.2 Å². The number of carbonyl (C=O) groups excluding carboxylic acids is 2. The van der Waals surface area contributed by atoms with Gasteiger partial charge in [0.1, 0.15) is 6.61 Å². The fraction of sp³-hybridized carbons (Fsp3) is 0.316. The van der Waals surface area contributed by atoms with E-state index in [0.717, 1.165) is 24.2 Å². The van der Waals surface area contributed by atoms with Crippen LogP contribution in [0.2, 0.25) is 0 Å². The Kier molecular flexibility index (Phi) is 4.20. The van der Waals surface area contributed by atoms with Gasteiger partial charge in [-0.3, -0.25) is 9.69 Å². The van der Waals surface area contributed by atoms with Crippen molar-refractivity contribution in [2.24, 2.45) is 0 Å². The van der Waals surface area contributed by atoms with E-state index in [1.165, 1.54) is 18.2 Å². The van der Waals surface area contributed by atoms with E-state index < -0.39 is 0 Å². The highest BCUT2D eigenvalue weighted by atomic mass is 16.6. The van der Waals surface area contributed by atoms with Gasteiger partial charge in [-0.2, -0.15) is 0 Å². The molecule has 1 saturated heterocycles. The van der Waals surface area contributed by atoms with Crippen molar-refractivity contribution in [1.82, 2.24) is 14.9 Å². The molecule has 134 valence electrons. The lowest BCUT2D eigenvalue weighted by Crippen LogP contribution is -2.42. The highest BCUT2D eigenvalue weighted by Gasteiger charge is 2.34. The molecule has 0 radical (unpaired) electrons. The topological polar surface area (TPSA) is 76.5 Å². The summed E-state index contributed by atoms with van der Waals surface area (Å²) < 4.78 is 7.29. The number of cyclic esters (lactones) is 1. The number of fused-ring (bicyclic) bond motifs is 1. The van der Waals surface area contributed by atoms with E-state index in [4.69, 9.17) is 4.74 Å². The molecule has 7 nitrogen and oxygen atoms in total. The minimum atomic E-state index is -0.381. The van der Waals surface area contributed by atoms with Gasteiger partial charge in [0, 0.05) is 44.0 Å². The summed E-state index contributed by atoms with van der Waals surface area (Å²) in [6, 6.07) is 7.70. The smallest absolute Gasteiger partial charge is 0.414 e. The van der Waals surface area contributed by atoms with Gasteiger partial charge in [0.15, 0.2) is 0 Å². The number of nitrogens with zero attached hydrogens (tertiary/aromatic N) is 3. The quantitative estimate of drug-likeness (QED) is 0.913. The highest BCUT2D eigenvalue weighted by Crippen LogP contribution is 2.28. The third-order valence-electron chi connectivity index (χ3n) is 4.77. The summed E-state index contributed by atoms with van der Waals surface area (Å²) in [6.45, 7) is 2.93. The monoisotopic (exact) mass is 352 g/mol. The van der Waals surface area contributed by atoms with E-state index in [2.05, 4.69) is 20.9 Å². The van der Waals surface area contributed by atoms with Gasteiger partial charge < -0.3 is 14.6 Å². The van der Waals surface area contributed by atoms with Crippen molar-refractivity contribution in [3.63, 3.8) is 0 Å². The molecule has 2 aromatic rings. The molecular formula is C19H20N4O3. The Morgan fingerprint density at radius 2 is 2.15 bits per heavy atom. The summed E-state index contributed by atoms with van der Waals surface area (Å²) >= 11 is 0. The number of hydrogen-bond donors (Lipinski definition) is 1. The second-order valence-electron chi connectivity index (χ2n) is 6.53. The van der Waals surface area contributed by atoms with E-state index in [1.54, 1.807) is 4.90 Å². The molecule has 0 aliphatic carbocycles. The number of benzene rings is 1. The van der Waals surface area contributed by atoms with Gasteiger partial charge in [-0.05, 0) is 23.3 Å². The van der Waals surface area contributed by atoms with Crippen molar-refractivity contribution >= 4 is 23.3 Å². The molecule has 2 amide bonds. The molecule has 4 rings (SSSR count). The minimum Gasteiger partial charge on any atom is -0.447 e. The molecule has 1 aromatic carbocycles. The zero-order chi connectivity index (χ0) is 18.1. The lowest BCUT2D eigenvalue weighted by atomic mass is 9.98. The average Bonchev–Trinajstić information content (AvgIpc) is 3.25. The number of ether oxygens (including phenoxy) is 1. The standard InChI is InChI=1S/C19H20N4O3/c1-13(24)21-10-18-11-26-19(25)23(18)16-4-2-14(3-5-16)15-6-7-22-12-20-9-17(22)8-15/h2-6,9,12,18H,7-8,10-11H2,1H3,(H,21,24). The number of carbonyl (C=O) groups is 2. The predicted molar refractivity (Wildman–Crippen MR) is 96.6 cm³/mol. The summed E-state index contributed by atoms with van der Waals surface area (Å²) in [6.07, 6.45) is 6.41. The molecule has 3 heterocycles. The van der Waals surface area contributed by atoms with Gasteiger partial charge >= 0.3 is 6.09 Å². The SMILES string of the molecule is CC(=O)NCC1COC(=O)N1c1ccc(C2=CCn3cncc3C2)cc1. The Balaban J connectivity index is 1.51. The van der Waals surface area contributed by atoms with Gasteiger partial charge in [-0.1, -0.05) is 18.2 Å². The summed E-state index contributed by atoms with van der Waals surface area (Å²) in [5, 5.41) is 2.75. The van der Waals surface area contributed by atoms with Crippen LogP contribution in [-0.4, -0.2) is 40.7 Å². The lowest BCUT2D eigenvalue weighted by Gasteiger charge is -2.22. The number of anilines is 1. The second kappa shape index (κ2) is 6.67. The minimum absolute atomic E-state index is 0.122. The number of aromatic nitrogens is 2. The normalized spacial score (nSPS) is 19.0. The van der Waals surface area contributed by atoms with Crippen LogP contribution in [0.3, 0.4) is 0 Å². The predicted octanol–water partition coefficient (Wildman–Crippen LogP) is 1.98. The van der Waals surface area contributed by atoms with Crippen LogP contribution in [-0.2, 0) is 22.5 Å². The molecule has 1 aromatic heterocycles. The van der Waals surface area contributed by atoms with Crippen molar-refractivity contribution in [1.29, 1.82) is 0 Å². The molecule has 0 spiro atoms. The number of hydrogen-bond acceptors (Lipinski definition) is 4. The molecule has 1 atom stereocenters. The Hall–Kier alpha value is -3.09. The maximum atomic E-state index is 12.1.